The minimum Gasteiger partial charge on any atom is -0.368 e. The lowest BCUT2D eigenvalue weighted by atomic mass is 10.2. The van der Waals surface area contributed by atoms with Gasteiger partial charge in [-0.3, -0.25) is 9.59 Å². The van der Waals surface area contributed by atoms with Gasteiger partial charge in [0.1, 0.15) is 5.82 Å². The van der Waals surface area contributed by atoms with Gasteiger partial charge in [-0.05, 0) is 35.0 Å². The summed E-state index contributed by atoms with van der Waals surface area (Å²) in [6.45, 7) is 1.74. The minimum absolute atomic E-state index is 0.0874. The number of benzene rings is 1. The molecule has 0 aliphatic heterocycles. The summed E-state index contributed by atoms with van der Waals surface area (Å²) in [4.78, 5) is 24.0. The molecule has 0 fully saturated rings. The Morgan fingerprint density at radius 2 is 2.12 bits per heavy atom. The Labute approximate surface area is 107 Å². The second-order valence-electron chi connectivity index (χ2n) is 3.38. The summed E-state index contributed by atoms with van der Waals surface area (Å²) in [6, 6.07) is 4.24. The van der Waals surface area contributed by atoms with E-state index in [4.69, 9.17) is 5.73 Å². The normalized spacial score (nSPS) is 10.1. The number of rotatable bonds is 4. The van der Waals surface area contributed by atoms with Crippen molar-refractivity contribution in [3.63, 3.8) is 0 Å². The van der Waals surface area contributed by atoms with Crippen molar-refractivity contribution in [1.82, 2.24) is 4.90 Å². The van der Waals surface area contributed by atoms with Crippen molar-refractivity contribution < 1.29 is 14.0 Å². The Bertz CT molecular complexity index is 431. The quantitative estimate of drug-likeness (QED) is 0.917. The van der Waals surface area contributed by atoms with Gasteiger partial charge in [-0.25, -0.2) is 4.39 Å². The van der Waals surface area contributed by atoms with Crippen LogP contribution in [-0.4, -0.2) is 29.8 Å². The van der Waals surface area contributed by atoms with Crippen LogP contribution in [0.4, 0.5) is 4.39 Å². The Morgan fingerprint density at radius 1 is 1.47 bits per heavy atom. The van der Waals surface area contributed by atoms with Gasteiger partial charge in [0, 0.05) is 11.0 Å². The molecule has 0 spiro atoms. The molecule has 17 heavy (non-hydrogen) atoms. The van der Waals surface area contributed by atoms with Gasteiger partial charge in [0.2, 0.25) is 5.91 Å². The number of carbonyl (C=O) groups excluding carboxylic acids is 2. The summed E-state index contributed by atoms with van der Waals surface area (Å²) in [5.74, 6) is -1.82. The number of hydrogen-bond donors (Lipinski definition) is 1. The molecular weight excluding hydrogens is 291 g/mol. The summed E-state index contributed by atoms with van der Waals surface area (Å²) in [5.41, 5.74) is 4.94. The van der Waals surface area contributed by atoms with E-state index in [0.29, 0.717) is 4.47 Å². The number of likely N-dealkylation sites (N-methyl/N-ethyl adjacent to an activating group) is 1. The van der Waals surface area contributed by atoms with Gasteiger partial charge in [-0.2, -0.15) is 0 Å². The van der Waals surface area contributed by atoms with E-state index in [-0.39, 0.29) is 18.7 Å². The van der Waals surface area contributed by atoms with Crippen LogP contribution in [0.5, 0.6) is 0 Å². The second-order valence-corrected chi connectivity index (χ2v) is 4.24. The lowest BCUT2D eigenvalue weighted by molar-refractivity contribution is -0.118. The topological polar surface area (TPSA) is 63.4 Å². The van der Waals surface area contributed by atoms with Gasteiger partial charge in [0.25, 0.3) is 5.91 Å². The zero-order valence-electron chi connectivity index (χ0n) is 9.24. The SMILES string of the molecule is CCN(CC(N)=O)C(=O)c1c(F)cccc1Br. The van der Waals surface area contributed by atoms with Crippen molar-refractivity contribution in [2.75, 3.05) is 13.1 Å². The predicted octanol–water partition coefficient (Wildman–Crippen LogP) is 1.54. The molecule has 0 bridgehead atoms. The molecule has 0 heterocycles. The van der Waals surface area contributed by atoms with E-state index in [0.717, 1.165) is 0 Å². The van der Waals surface area contributed by atoms with Gasteiger partial charge in [-0.15, -0.1) is 0 Å². The Morgan fingerprint density at radius 3 is 2.59 bits per heavy atom. The Hall–Kier alpha value is -1.43. The van der Waals surface area contributed by atoms with E-state index < -0.39 is 17.6 Å². The van der Waals surface area contributed by atoms with Crippen LogP contribution in [0.1, 0.15) is 17.3 Å². The number of primary amides is 1. The van der Waals surface area contributed by atoms with Gasteiger partial charge < -0.3 is 10.6 Å². The fourth-order valence-electron chi connectivity index (χ4n) is 1.38. The molecule has 6 heteroatoms. The third-order valence-corrected chi connectivity index (χ3v) is 2.85. The van der Waals surface area contributed by atoms with Crippen molar-refractivity contribution in [3.05, 3.63) is 34.1 Å². The maximum atomic E-state index is 13.5. The molecule has 0 radical (unpaired) electrons. The van der Waals surface area contributed by atoms with Crippen molar-refractivity contribution in [2.24, 2.45) is 5.73 Å². The van der Waals surface area contributed by atoms with Crippen LogP contribution in [0.25, 0.3) is 0 Å². The summed E-state index contributed by atoms with van der Waals surface area (Å²) >= 11 is 3.11. The fourth-order valence-corrected chi connectivity index (χ4v) is 1.89. The monoisotopic (exact) mass is 302 g/mol. The van der Waals surface area contributed by atoms with Crippen molar-refractivity contribution in [1.29, 1.82) is 0 Å². The Kier molecular flexibility index (Phi) is 4.62. The molecule has 1 aromatic carbocycles. The molecule has 0 saturated heterocycles. The highest BCUT2D eigenvalue weighted by Crippen LogP contribution is 2.21. The number of hydrogen-bond acceptors (Lipinski definition) is 2. The molecule has 2 amide bonds. The minimum atomic E-state index is -0.632. The molecule has 92 valence electrons. The van der Waals surface area contributed by atoms with E-state index in [1.54, 1.807) is 13.0 Å². The molecule has 1 rings (SSSR count). The lowest BCUT2D eigenvalue weighted by Gasteiger charge is -2.19. The number of halogens is 2. The zero-order chi connectivity index (χ0) is 13.0. The highest BCUT2D eigenvalue weighted by molar-refractivity contribution is 9.10. The largest absolute Gasteiger partial charge is 0.368 e. The van der Waals surface area contributed by atoms with E-state index in [1.807, 2.05) is 0 Å². The van der Waals surface area contributed by atoms with Crippen LogP contribution >= 0.6 is 15.9 Å². The highest BCUT2D eigenvalue weighted by atomic mass is 79.9. The Balaban J connectivity index is 3.06. The first-order valence-corrected chi connectivity index (χ1v) is 5.78. The standard InChI is InChI=1S/C11H12BrFN2O2/c1-2-15(6-9(14)16)11(17)10-7(12)4-3-5-8(10)13/h3-5H,2,6H2,1H3,(H2,14,16). The highest BCUT2D eigenvalue weighted by Gasteiger charge is 2.21. The van der Waals surface area contributed by atoms with E-state index in [9.17, 15) is 14.0 Å². The molecule has 0 aliphatic carbocycles. The van der Waals surface area contributed by atoms with Gasteiger partial charge in [0.05, 0.1) is 12.1 Å². The summed E-state index contributed by atoms with van der Waals surface area (Å²) < 4.78 is 13.9. The van der Waals surface area contributed by atoms with Crippen LogP contribution in [0.3, 0.4) is 0 Å². The number of carbonyl (C=O) groups is 2. The summed E-state index contributed by atoms with van der Waals surface area (Å²) in [6.07, 6.45) is 0. The molecule has 0 aromatic heterocycles. The molecule has 0 saturated carbocycles. The number of nitrogens with zero attached hydrogens (tertiary/aromatic N) is 1. The van der Waals surface area contributed by atoms with Crippen LogP contribution in [0.2, 0.25) is 0 Å². The third kappa shape index (κ3) is 3.26. The van der Waals surface area contributed by atoms with Crippen molar-refractivity contribution >= 4 is 27.7 Å². The van der Waals surface area contributed by atoms with Crippen LogP contribution in [-0.2, 0) is 4.79 Å². The smallest absolute Gasteiger partial charge is 0.258 e. The average molecular weight is 303 g/mol. The second kappa shape index (κ2) is 5.77. The van der Waals surface area contributed by atoms with E-state index >= 15 is 0 Å². The fraction of sp³-hybridized carbons (Fsp3) is 0.273. The number of amides is 2. The molecule has 2 N–H and O–H groups in total. The van der Waals surface area contributed by atoms with Crippen molar-refractivity contribution in [2.45, 2.75) is 6.92 Å². The van der Waals surface area contributed by atoms with Gasteiger partial charge >= 0.3 is 0 Å². The molecule has 4 nitrogen and oxygen atoms in total. The summed E-state index contributed by atoms with van der Waals surface area (Å²) in [5, 5.41) is 0. The predicted molar refractivity (Wildman–Crippen MR) is 64.9 cm³/mol. The average Bonchev–Trinajstić information content (AvgIpc) is 2.25. The maximum Gasteiger partial charge on any atom is 0.258 e. The van der Waals surface area contributed by atoms with E-state index in [2.05, 4.69) is 15.9 Å². The van der Waals surface area contributed by atoms with Crippen LogP contribution < -0.4 is 5.73 Å². The molecule has 0 atom stereocenters. The van der Waals surface area contributed by atoms with Gasteiger partial charge in [-0.1, -0.05) is 6.07 Å². The first-order valence-electron chi connectivity index (χ1n) is 4.99. The van der Waals surface area contributed by atoms with Crippen LogP contribution in [0, 0.1) is 5.82 Å². The summed E-state index contributed by atoms with van der Waals surface area (Å²) in [7, 11) is 0. The maximum absolute atomic E-state index is 13.5. The van der Waals surface area contributed by atoms with Crippen LogP contribution in [0.15, 0.2) is 22.7 Å². The first-order chi connectivity index (χ1) is 7.97. The molecule has 0 unspecified atom stereocenters. The van der Waals surface area contributed by atoms with Crippen molar-refractivity contribution in [3.8, 4) is 0 Å². The van der Waals surface area contributed by atoms with Gasteiger partial charge in [0.15, 0.2) is 0 Å². The zero-order valence-corrected chi connectivity index (χ0v) is 10.8. The number of nitrogens with two attached hydrogens (primary N) is 1. The lowest BCUT2D eigenvalue weighted by Crippen LogP contribution is -2.38. The molecule has 1 aromatic rings. The molecule has 0 aliphatic rings. The molecular formula is C11H12BrFN2O2. The van der Waals surface area contributed by atoms with E-state index in [1.165, 1.54) is 17.0 Å². The first kappa shape index (κ1) is 13.6. The third-order valence-electron chi connectivity index (χ3n) is 2.19.